The van der Waals surface area contributed by atoms with E-state index in [1.165, 1.54) is 5.57 Å². The molecule has 3 aliphatic rings. The number of rotatable bonds is 12. The number of esters is 2. The predicted octanol–water partition coefficient (Wildman–Crippen LogP) is 9.05. The minimum absolute atomic E-state index is 0.0226. The van der Waals surface area contributed by atoms with Gasteiger partial charge in [-0.3, -0.25) is 0 Å². The molecule has 0 radical (unpaired) electrons. The SMILES string of the molecule is CCC(Oc1ccc(C)cc1C)C(=O)O[C@H]1C[C@H](C(C)(C)C)C=C2C=C[C@H](C)[C@](CC[C@@H]3C[C@H](C(C)(C)C)C(O[SiH](C)C)C(=O)O3)(O[SiH](C)C)[C@H]21. The van der Waals surface area contributed by atoms with Gasteiger partial charge in [0, 0.05) is 17.8 Å². The second-order valence-electron chi connectivity index (χ2n) is 18.3. The van der Waals surface area contributed by atoms with Crippen molar-refractivity contribution < 1.29 is 32.7 Å². The molecule has 0 amide bonds. The van der Waals surface area contributed by atoms with Crippen LogP contribution in [0.1, 0.15) is 98.6 Å². The molecule has 2 unspecified atom stereocenters. The number of ether oxygens (including phenoxy) is 3. The van der Waals surface area contributed by atoms with Crippen LogP contribution in [0.3, 0.4) is 0 Å². The van der Waals surface area contributed by atoms with Crippen molar-refractivity contribution in [2.75, 3.05) is 0 Å². The zero-order chi connectivity index (χ0) is 38.1. The monoisotopic (exact) mass is 740 g/mol. The van der Waals surface area contributed by atoms with E-state index in [-0.39, 0.29) is 52.5 Å². The van der Waals surface area contributed by atoms with Gasteiger partial charge >= 0.3 is 11.9 Å². The van der Waals surface area contributed by atoms with Gasteiger partial charge in [0.15, 0.2) is 24.2 Å². The first-order valence-corrected chi connectivity index (χ1v) is 25.1. The molecule has 1 aliphatic heterocycles. The highest BCUT2D eigenvalue weighted by molar-refractivity contribution is 6.49. The third kappa shape index (κ3) is 9.87. The topological polar surface area (TPSA) is 80.3 Å². The molecule has 9 atom stereocenters. The fraction of sp³-hybridized carbons (Fsp3) is 0.714. The second kappa shape index (κ2) is 16.4. The molecule has 1 fully saturated rings. The molecule has 0 saturated carbocycles. The molecule has 0 N–H and O–H groups in total. The summed E-state index contributed by atoms with van der Waals surface area (Å²) in [6.45, 7) is 30.3. The lowest BCUT2D eigenvalue weighted by molar-refractivity contribution is -0.180. The fourth-order valence-corrected chi connectivity index (χ4v) is 10.8. The van der Waals surface area contributed by atoms with Gasteiger partial charge in [0.25, 0.3) is 0 Å². The van der Waals surface area contributed by atoms with Gasteiger partial charge in [-0.05, 0) is 106 Å². The van der Waals surface area contributed by atoms with E-state index in [0.717, 1.165) is 17.5 Å². The van der Waals surface area contributed by atoms with Gasteiger partial charge < -0.3 is 23.1 Å². The summed E-state index contributed by atoms with van der Waals surface area (Å²) in [7, 11) is -3.07. The van der Waals surface area contributed by atoms with Crippen LogP contribution in [0.5, 0.6) is 5.75 Å². The number of hydrogen-bond acceptors (Lipinski definition) is 7. The summed E-state index contributed by atoms with van der Waals surface area (Å²) in [6, 6.07) is 6.03. The van der Waals surface area contributed by atoms with Crippen LogP contribution in [0.4, 0.5) is 0 Å². The first kappa shape index (κ1) is 41.5. The molecule has 0 bridgehead atoms. The third-order valence-electron chi connectivity index (χ3n) is 11.3. The molecule has 1 aromatic rings. The van der Waals surface area contributed by atoms with E-state index in [2.05, 4.69) is 106 Å². The molecular weight excluding hydrogens is 673 g/mol. The molecule has 1 aromatic carbocycles. The molecule has 51 heavy (non-hydrogen) atoms. The van der Waals surface area contributed by atoms with Crippen molar-refractivity contribution in [3.05, 3.63) is 53.1 Å². The van der Waals surface area contributed by atoms with Crippen molar-refractivity contribution >= 4 is 30.0 Å². The summed E-state index contributed by atoms with van der Waals surface area (Å²) < 4.78 is 32.7. The number of hydrogen-bond donors (Lipinski definition) is 0. The van der Waals surface area contributed by atoms with E-state index in [9.17, 15) is 9.59 Å². The normalized spacial score (nSPS) is 30.5. The summed E-state index contributed by atoms with van der Waals surface area (Å²) in [4.78, 5) is 27.7. The maximum atomic E-state index is 14.2. The van der Waals surface area contributed by atoms with Crippen LogP contribution >= 0.6 is 0 Å². The van der Waals surface area contributed by atoms with Gasteiger partial charge in [0.1, 0.15) is 24.1 Å². The highest BCUT2D eigenvalue weighted by Crippen LogP contribution is 2.53. The second-order valence-corrected chi connectivity index (χ2v) is 23.0. The van der Waals surface area contributed by atoms with E-state index < -0.39 is 42.0 Å². The molecule has 1 heterocycles. The van der Waals surface area contributed by atoms with Crippen molar-refractivity contribution in [2.24, 2.45) is 34.5 Å². The number of cyclic esters (lactones) is 1. The predicted molar refractivity (Wildman–Crippen MR) is 211 cm³/mol. The number of fused-ring (bicyclic) bond motifs is 1. The van der Waals surface area contributed by atoms with Crippen molar-refractivity contribution in [1.82, 2.24) is 0 Å². The molecule has 0 spiro atoms. The summed E-state index contributed by atoms with van der Waals surface area (Å²) in [6.07, 6.45) is 8.39. The summed E-state index contributed by atoms with van der Waals surface area (Å²) in [5.74, 6) is 0.326. The van der Waals surface area contributed by atoms with Gasteiger partial charge in [-0.15, -0.1) is 0 Å². The van der Waals surface area contributed by atoms with Crippen LogP contribution < -0.4 is 4.74 Å². The number of carbonyl (C=O) groups is 2. The maximum Gasteiger partial charge on any atom is 0.347 e. The minimum Gasteiger partial charge on any atom is -0.478 e. The molecule has 2 aliphatic carbocycles. The lowest BCUT2D eigenvalue weighted by Crippen LogP contribution is -2.58. The minimum atomic E-state index is -1.61. The van der Waals surface area contributed by atoms with E-state index >= 15 is 0 Å². The van der Waals surface area contributed by atoms with Crippen molar-refractivity contribution in [3.63, 3.8) is 0 Å². The average Bonchev–Trinajstić information content (AvgIpc) is 3.00. The van der Waals surface area contributed by atoms with Crippen molar-refractivity contribution in [3.8, 4) is 5.75 Å². The molecule has 0 aromatic heterocycles. The first-order valence-electron chi connectivity index (χ1n) is 19.5. The van der Waals surface area contributed by atoms with Crippen LogP contribution in [0.25, 0.3) is 0 Å². The Labute approximate surface area is 312 Å². The van der Waals surface area contributed by atoms with Crippen molar-refractivity contribution in [2.45, 2.75) is 158 Å². The zero-order valence-corrected chi connectivity index (χ0v) is 36.4. The Morgan fingerprint density at radius 1 is 1.02 bits per heavy atom. The Kier molecular flexibility index (Phi) is 13.4. The van der Waals surface area contributed by atoms with Crippen LogP contribution in [-0.4, -0.2) is 60.0 Å². The Bertz CT molecular complexity index is 1440. The molecular formula is C42H68O7Si2. The van der Waals surface area contributed by atoms with Crippen molar-refractivity contribution in [1.29, 1.82) is 0 Å². The zero-order valence-electron chi connectivity index (χ0n) is 34.1. The van der Waals surface area contributed by atoms with Crippen LogP contribution in [0.2, 0.25) is 26.2 Å². The summed E-state index contributed by atoms with van der Waals surface area (Å²) in [5, 5.41) is 0. The molecule has 9 heteroatoms. The smallest absolute Gasteiger partial charge is 0.347 e. The summed E-state index contributed by atoms with van der Waals surface area (Å²) in [5.41, 5.74) is 2.58. The molecule has 7 nitrogen and oxygen atoms in total. The third-order valence-corrected chi connectivity index (χ3v) is 13.1. The van der Waals surface area contributed by atoms with Gasteiger partial charge in [-0.25, -0.2) is 9.59 Å². The Morgan fingerprint density at radius 3 is 2.27 bits per heavy atom. The quantitative estimate of drug-likeness (QED) is 0.156. The molecule has 4 rings (SSSR count). The number of allylic oxidation sites excluding steroid dienone is 2. The van der Waals surface area contributed by atoms with E-state index in [1.807, 2.05) is 26.0 Å². The lowest BCUT2D eigenvalue weighted by Gasteiger charge is -2.54. The van der Waals surface area contributed by atoms with Gasteiger partial charge in [0.05, 0.1) is 5.60 Å². The molecule has 1 saturated heterocycles. The standard InChI is InChI=1S/C42H68O7Si2/c1-15-33(46-34-19-16-26(2)22-27(34)3)38(43)47-35-24-30(40(5,6)7)23-29-18-17-28(4)42(36(29)35,49-51(13)14)21-20-31-25-32(41(8,9)10)37(39(44)45-31)48-50(11)12/h16-19,22-23,28,30-33,35-37,50-51H,15,20-21,24-25H2,1-14H3/t28-,30+,31+,32-,33?,35-,36+,37?,42-/m0/s1. The van der Waals surface area contributed by atoms with Crippen LogP contribution in [0, 0.1) is 48.3 Å². The maximum absolute atomic E-state index is 14.2. The van der Waals surface area contributed by atoms with Gasteiger partial charge in [-0.1, -0.05) is 91.3 Å². The Hall–Kier alpha value is -2.21. The molecule has 286 valence electrons. The highest BCUT2D eigenvalue weighted by atomic mass is 28.3. The van der Waals surface area contributed by atoms with Crippen LogP contribution in [0.15, 0.2) is 42.0 Å². The number of aryl methyl sites for hydroxylation is 2. The Balaban J connectivity index is 1.69. The van der Waals surface area contributed by atoms with Gasteiger partial charge in [0.2, 0.25) is 0 Å². The van der Waals surface area contributed by atoms with Crippen LogP contribution in [-0.2, 0) is 27.9 Å². The lowest BCUT2D eigenvalue weighted by atomic mass is 9.59. The van der Waals surface area contributed by atoms with E-state index in [4.69, 9.17) is 23.1 Å². The van der Waals surface area contributed by atoms with Gasteiger partial charge in [-0.2, -0.15) is 0 Å². The first-order chi connectivity index (χ1) is 23.7. The largest absolute Gasteiger partial charge is 0.478 e. The Morgan fingerprint density at radius 2 is 1.71 bits per heavy atom. The highest BCUT2D eigenvalue weighted by Gasteiger charge is 2.55. The van der Waals surface area contributed by atoms with E-state index in [0.29, 0.717) is 31.4 Å². The average molecular weight is 741 g/mol. The fourth-order valence-electron chi connectivity index (χ4n) is 8.52. The van der Waals surface area contributed by atoms with E-state index in [1.54, 1.807) is 0 Å². The summed E-state index contributed by atoms with van der Waals surface area (Å²) >= 11 is 0. The number of carbonyl (C=O) groups excluding carboxylic acids is 2. The number of benzene rings is 1.